The Kier molecular flexibility index (Phi) is 5.46. The van der Waals surface area contributed by atoms with Crippen LogP contribution in [0, 0.1) is 5.92 Å². The second kappa shape index (κ2) is 7.38. The van der Waals surface area contributed by atoms with E-state index in [1.54, 1.807) is 30.5 Å². The Morgan fingerprint density at radius 1 is 1.32 bits per heavy atom. The first-order valence-electron chi connectivity index (χ1n) is 7.94. The zero-order valence-corrected chi connectivity index (χ0v) is 14.7. The molecule has 1 aromatic carbocycles. The maximum atomic E-state index is 13.0. The first-order chi connectivity index (χ1) is 11.8. The van der Waals surface area contributed by atoms with Crippen molar-refractivity contribution in [1.29, 1.82) is 0 Å². The van der Waals surface area contributed by atoms with Crippen LogP contribution < -0.4 is 4.74 Å². The van der Waals surface area contributed by atoms with Crippen molar-refractivity contribution in [3.05, 3.63) is 36.0 Å². The maximum absolute atomic E-state index is 13.0. The van der Waals surface area contributed by atoms with Gasteiger partial charge in [0.25, 0.3) is 5.91 Å². The number of methoxy groups -OCH3 is 1. The van der Waals surface area contributed by atoms with Gasteiger partial charge in [-0.15, -0.1) is 0 Å². The minimum absolute atomic E-state index is 0.157. The summed E-state index contributed by atoms with van der Waals surface area (Å²) in [5.74, 6) is -1.39. The summed E-state index contributed by atoms with van der Waals surface area (Å²) in [4.78, 5) is 38.9. The third-order valence-corrected chi connectivity index (χ3v) is 4.02. The Morgan fingerprint density at radius 3 is 2.52 bits per heavy atom. The molecule has 2 rings (SSSR count). The van der Waals surface area contributed by atoms with E-state index >= 15 is 0 Å². The number of hydrogen-bond acceptors (Lipinski definition) is 4. The lowest BCUT2D eigenvalue weighted by Gasteiger charge is -2.40. The maximum Gasteiger partial charge on any atom is 0.323 e. The highest BCUT2D eigenvalue weighted by Gasteiger charge is 2.40. The van der Waals surface area contributed by atoms with Crippen LogP contribution in [-0.2, 0) is 14.4 Å². The summed E-state index contributed by atoms with van der Waals surface area (Å²) in [6.45, 7) is 4.55. The molecule has 0 saturated heterocycles. The minimum Gasteiger partial charge on any atom is -0.497 e. The van der Waals surface area contributed by atoms with Gasteiger partial charge in [-0.05, 0) is 18.1 Å². The molecule has 1 aliphatic heterocycles. The Balaban J connectivity index is 2.61. The van der Waals surface area contributed by atoms with Crippen LogP contribution >= 0.6 is 0 Å². The number of carbonyl (C=O) groups is 3. The number of carboxylic acid groups (broad SMARTS) is 1. The average molecular weight is 346 g/mol. The van der Waals surface area contributed by atoms with Gasteiger partial charge in [-0.1, -0.05) is 26.0 Å². The zero-order valence-electron chi connectivity index (χ0n) is 14.7. The van der Waals surface area contributed by atoms with Gasteiger partial charge in [0.15, 0.2) is 0 Å². The summed E-state index contributed by atoms with van der Waals surface area (Å²) >= 11 is 0. The van der Waals surface area contributed by atoms with Gasteiger partial charge in [-0.2, -0.15) is 0 Å². The van der Waals surface area contributed by atoms with Crippen molar-refractivity contribution >= 4 is 23.5 Å². The lowest BCUT2D eigenvalue weighted by molar-refractivity contribution is -0.148. The zero-order chi connectivity index (χ0) is 18.7. The molecule has 7 nitrogen and oxygen atoms in total. The summed E-state index contributed by atoms with van der Waals surface area (Å²) in [6.07, 6.45) is 1.55. The van der Waals surface area contributed by atoms with Gasteiger partial charge in [-0.3, -0.25) is 19.3 Å². The molecule has 25 heavy (non-hydrogen) atoms. The van der Waals surface area contributed by atoms with Crippen molar-refractivity contribution < 1.29 is 24.2 Å². The van der Waals surface area contributed by atoms with Crippen molar-refractivity contribution in [2.24, 2.45) is 5.92 Å². The van der Waals surface area contributed by atoms with Gasteiger partial charge < -0.3 is 14.7 Å². The number of nitrogens with zero attached hydrogens (tertiary/aromatic N) is 2. The van der Waals surface area contributed by atoms with Gasteiger partial charge >= 0.3 is 5.97 Å². The highest BCUT2D eigenvalue weighted by molar-refractivity contribution is 5.98. The fourth-order valence-electron chi connectivity index (χ4n) is 2.88. The molecule has 7 heteroatoms. The second-order valence-corrected chi connectivity index (χ2v) is 6.18. The molecule has 0 spiro atoms. The van der Waals surface area contributed by atoms with Crippen LogP contribution in [0.15, 0.2) is 30.5 Å². The normalized spacial score (nSPS) is 17.6. The third-order valence-electron chi connectivity index (χ3n) is 4.02. The molecule has 1 aromatic rings. The van der Waals surface area contributed by atoms with Crippen LogP contribution in [0.25, 0.3) is 5.70 Å². The van der Waals surface area contributed by atoms with Gasteiger partial charge in [0.1, 0.15) is 18.3 Å². The average Bonchev–Trinajstić information content (AvgIpc) is 2.55. The lowest BCUT2D eigenvalue weighted by Crippen LogP contribution is -2.55. The molecule has 0 radical (unpaired) electrons. The highest BCUT2D eigenvalue weighted by atomic mass is 16.5. The molecule has 2 amide bonds. The Hall–Kier alpha value is -2.83. The summed E-state index contributed by atoms with van der Waals surface area (Å²) in [5, 5.41) is 9.22. The van der Waals surface area contributed by atoms with Gasteiger partial charge in [0.2, 0.25) is 5.91 Å². The van der Waals surface area contributed by atoms with Crippen LogP contribution in [0.2, 0.25) is 0 Å². The molecule has 0 aliphatic carbocycles. The van der Waals surface area contributed by atoms with E-state index in [-0.39, 0.29) is 11.8 Å². The van der Waals surface area contributed by atoms with Crippen LogP contribution in [0.4, 0.5) is 0 Å². The number of ether oxygens (including phenoxy) is 1. The fraction of sp³-hybridized carbons (Fsp3) is 0.389. The predicted molar refractivity (Wildman–Crippen MR) is 91.5 cm³/mol. The van der Waals surface area contributed by atoms with E-state index in [4.69, 9.17) is 4.74 Å². The van der Waals surface area contributed by atoms with E-state index in [1.165, 1.54) is 23.8 Å². The molecule has 0 bridgehead atoms. The Morgan fingerprint density at radius 2 is 2.00 bits per heavy atom. The smallest absolute Gasteiger partial charge is 0.323 e. The summed E-state index contributed by atoms with van der Waals surface area (Å²) < 4.78 is 5.19. The van der Waals surface area contributed by atoms with E-state index in [0.717, 1.165) is 0 Å². The van der Waals surface area contributed by atoms with Crippen LogP contribution in [0.3, 0.4) is 0 Å². The third kappa shape index (κ3) is 3.81. The molecule has 1 heterocycles. The van der Waals surface area contributed by atoms with Crippen LogP contribution in [0.1, 0.15) is 26.3 Å². The molecule has 1 atom stereocenters. The van der Waals surface area contributed by atoms with Crippen LogP contribution in [0.5, 0.6) is 5.75 Å². The number of rotatable bonds is 5. The van der Waals surface area contributed by atoms with Crippen molar-refractivity contribution in [2.75, 3.05) is 13.7 Å². The van der Waals surface area contributed by atoms with Gasteiger partial charge in [0.05, 0.1) is 12.8 Å². The highest BCUT2D eigenvalue weighted by Crippen LogP contribution is 2.31. The molecule has 0 aromatic heterocycles. The van der Waals surface area contributed by atoms with Crippen molar-refractivity contribution in [2.45, 2.75) is 26.8 Å². The molecule has 0 fully saturated rings. The fourth-order valence-corrected chi connectivity index (χ4v) is 2.88. The molecular formula is C18H22N2O5. The summed E-state index contributed by atoms with van der Waals surface area (Å²) in [7, 11) is 1.52. The number of benzene rings is 1. The van der Waals surface area contributed by atoms with Crippen molar-refractivity contribution in [1.82, 2.24) is 9.80 Å². The topological polar surface area (TPSA) is 87.2 Å². The predicted octanol–water partition coefficient (Wildman–Crippen LogP) is 1.79. The standard InChI is InChI=1S/C18H22N2O5/c1-11(2)17-18(24)20(10-16(22)23)15(9-19(17)12(3)21)13-6-5-7-14(8-13)25-4/h5-9,11,17H,10H2,1-4H3,(H,22,23)/t17-/m1/s1. The second-order valence-electron chi connectivity index (χ2n) is 6.18. The SMILES string of the molecule is COc1cccc(C2=CN(C(C)=O)[C@H](C(C)C)C(=O)N2CC(=O)O)c1. The monoisotopic (exact) mass is 346 g/mol. The number of hydrogen-bond donors (Lipinski definition) is 1. The minimum atomic E-state index is -1.12. The molecule has 0 unspecified atom stereocenters. The molecular weight excluding hydrogens is 324 g/mol. The first kappa shape index (κ1) is 18.5. The number of carboxylic acids is 1. The number of aliphatic carboxylic acids is 1. The Labute approximate surface area is 146 Å². The van der Waals surface area contributed by atoms with E-state index in [0.29, 0.717) is 17.0 Å². The van der Waals surface area contributed by atoms with E-state index in [2.05, 4.69) is 0 Å². The van der Waals surface area contributed by atoms with Crippen LogP contribution in [-0.4, -0.2) is 52.4 Å². The van der Waals surface area contributed by atoms with Crippen molar-refractivity contribution in [3.8, 4) is 5.75 Å². The molecule has 1 N–H and O–H groups in total. The van der Waals surface area contributed by atoms with E-state index in [9.17, 15) is 19.5 Å². The Bertz CT molecular complexity index is 726. The first-order valence-corrected chi connectivity index (χ1v) is 7.94. The summed E-state index contributed by atoms with van der Waals surface area (Å²) in [5.41, 5.74) is 0.959. The summed E-state index contributed by atoms with van der Waals surface area (Å²) in [6, 6.07) is 6.19. The molecule has 134 valence electrons. The largest absolute Gasteiger partial charge is 0.497 e. The molecule has 0 saturated carbocycles. The van der Waals surface area contributed by atoms with E-state index < -0.39 is 24.5 Å². The quantitative estimate of drug-likeness (QED) is 0.878. The van der Waals surface area contributed by atoms with Gasteiger partial charge in [-0.25, -0.2) is 0 Å². The number of carbonyl (C=O) groups excluding carboxylic acids is 2. The van der Waals surface area contributed by atoms with E-state index in [1.807, 2.05) is 13.8 Å². The number of amides is 2. The molecule has 1 aliphatic rings. The lowest BCUT2D eigenvalue weighted by atomic mass is 9.97. The van der Waals surface area contributed by atoms with Crippen molar-refractivity contribution in [3.63, 3.8) is 0 Å². The van der Waals surface area contributed by atoms with Gasteiger partial charge in [0, 0.05) is 18.7 Å².